The zero-order valence-corrected chi connectivity index (χ0v) is 21.4. The lowest BCUT2D eigenvalue weighted by Gasteiger charge is -2.29. The van der Waals surface area contributed by atoms with Crippen LogP contribution in [0.25, 0.3) is 0 Å². The first kappa shape index (κ1) is 29.1. The van der Waals surface area contributed by atoms with Crippen molar-refractivity contribution < 1.29 is 19.2 Å². The highest BCUT2D eigenvalue weighted by Crippen LogP contribution is 2.18. The van der Waals surface area contributed by atoms with Crippen molar-refractivity contribution >= 4 is 23.6 Å². The molecule has 0 aliphatic carbocycles. The van der Waals surface area contributed by atoms with Crippen molar-refractivity contribution in [2.24, 2.45) is 17.1 Å². The van der Waals surface area contributed by atoms with Gasteiger partial charge in [-0.1, -0.05) is 65.0 Å². The number of nitrogens with one attached hydrogen (secondary N) is 4. The fraction of sp³-hybridized carbons (Fsp3) is 0.600. The Kier molecular flexibility index (Phi) is 11.2. The number of primary amides is 1. The van der Waals surface area contributed by atoms with Gasteiger partial charge in [0.25, 0.3) is 0 Å². The number of amides is 4. The third-order valence-corrected chi connectivity index (χ3v) is 5.83. The van der Waals surface area contributed by atoms with Crippen LogP contribution in [0.4, 0.5) is 0 Å². The zero-order valence-electron chi connectivity index (χ0n) is 21.4. The second-order valence-corrected chi connectivity index (χ2v) is 10.1. The van der Waals surface area contributed by atoms with Gasteiger partial charge in [0, 0.05) is 12.5 Å². The van der Waals surface area contributed by atoms with E-state index in [9.17, 15) is 19.2 Å². The minimum atomic E-state index is -0.950. The summed E-state index contributed by atoms with van der Waals surface area (Å²) >= 11 is 0. The maximum absolute atomic E-state index is 13.1. The third-order valence-electron chi connectivity index (χ3n) is 5.83. The van der Waals surface area contributed by atoms with Gasteiger partial charge in [0.1, 0.15) is 18.1 Å². The molecule has 0 aromatic heterocycles. The first-order chi connectivity index (χ1) is 15.7. The largest absolute Gasteiger partial charge is 0.368 e. The predicted molar refractivity (Wildman–Crippen MR) is 133 cm³/mol. The van der Waals surface area contributed by atoms with E-state index in [4.69, 9.17) is 5.73 Å². The molecule has 0 aliphatic heterocycles. The number of benzene rings is 1. The van der Waals surface area contributed by atoms with Crippen LogP contribution >= 0.6 is 0 Å². The van der Waals surface area contributed by atoms with Gasteiger partial charge in [-0.3, -0.25) is 19.2 Å². The molecule has 9 nitrogen and oxygen atoms in total. The highest BCUT2D eigenvalue weighted by molar-refractivity contribution is 5.94. The molecule has 0 saturated carbocycles. The monoisotopic (exact) mass is 475 g/mol. The van der Waals surface area contributed by atoms with Crippen LogP contribution in [0.2, 0.25) is 0 Å². The van der Waals surface area contributed by atoms with Gasteiger partial charge in [-0.15, -0.1) is 0 Å². The summed E-state index contributed by atoms with van der Waals surface area (Å²) in [5.74, 6) is -2.21. The van der Waals surface area contributed by atoms with E-state index in [0.717, 1.165) is 5.56 Å². The van der Waals surface area contributed by atoms with Gasteiger partial charge in [-0.2, -0.15) is 0 Å². The maximum Gasteiger partial charge on any atom is 0.243 e. The van der Waals surface area contributed by atoms with Crippen LogP contribution in [0.5, 0.6) is 0 Å². The molecule has 0 radical (unpaired) electrons. The Morgan fingerprint density at radius 3 is 1.97 bits per heavy atom. The number of carbonyl (C=O) groups is 4. The summed E-state index contributed by atoms with van der Waals surface area (Å²) in [6.45, 7) is 13.4. The first-order valence-corrected chi connectivity index (χ1v) is 11.7. The number of nitrogens with two attached hydrogens (primary N) is 1. The molecule has 34 heavy (non-hydrogen) atoms. The molecule has 4 unspecified atom stereocenters. The third kappa shape index (κ3) is 9.91. The van der Waals surface area contributed by atoms with E-state index in [1.165, 1.54) is 6.92 Å². The number of hydrogen-bond donors (Lipinski definition) is 5. The Morgan fingerprint density at radius 1 is 0.882 bits per heavy atom. The van der Waals surface area contributed by atoms with E-state index in [1.807, 2.05) is 51.1 Å². The van der Waals surface area contributed by atoms with Gasteiger partial charge < -0.3 is 27.0 Å². The van der Waals surface area contributed by atoms with Gasteiger partial charge in [0.2, 0.25) is 23.6 Å². The topological polar surface area (TPSA) is 142 Å². The molecule has 6 N–H and O–H groups in total. The van der Waals surface area contributed by atoms with E-state index in [-0.39, 0.29) is 36.2 Å². The average Bonchev–Trinajstić information content (AvgIpc) is 2.74. The molecule has 0 aliphatic rings. The van der Waals surface area contributed by atoms with Crippen LogP contribution < -0.4 is 27.0 Å². The van der Waals surface area contributed by atoms with Crippen molar-refractivity contribution in [1.29, 1.82) is 0 Å². The van der Waals surface area contributed by atoms with E-state index in [2.05, 4.69) is 42.0 Å². The summed E-state index contributed by atoms with van der Waals surface area (Å²) in [5.41, 5.74) is 6.08. The molecule has 0 fully saturated rings. The number of rotatable bonds is 12. The molecule has 4 amide bonds. The molecule has 190 valence electrons. The van der Waals surface area contributed by atoms with Crippen LogP contribution in [-0.4, -0.2) is 54.3 Å². The van der Waals surface area contributed by atoms with Gasteiger partial charge in [-0.25, -0.2) is 0 Å². The lowest BCUT2D eigenvalue weighted by molar-refractivity contribution is -0.133. The molecule has 1 aromatic carbocycles. The first-order valence-electron chi connectivity index (χ1n) is 11.7. The van der Waals surface area contributed by atoms with Crippen molar-refractivity contribution in [1.82, 2.24) is 21.3 Å². The van der Waals surface area contributed by atoms with Crippen LogP contribution in [0, 0.1) is 11.3 Å². The van der Waals surface area contributed by atoms with E-state index in [1.54, 1.807) is 0 Å². The number of carbonyl (C=O) groups excluding carboxylic acids is 4. The highest BCUT2D eigenvalue weighted by Gasteiger charge is 2.30. The standard InChI is InChI=1S/C25H41N5O4/c1-15(2)21(30-20(31)14-27-17(4)25(5,6)7)24(34)29-19(13-18-11-9-8-10-12-18)23(33)28-16(3)22(26)32/h8-12,15-17,19,21,27H,13-14H2,1-7H3,(H2,26,32)(H,28,33)(H,29,34)(H,30,31). The summed E-state index contributed by atoms with van der Waals surface area (Å²) in [7, 11) is 0. The Morgan fingerprint density at radius 2 is 1.47 bits per heavy atom. The second-order valence-electron chi connectivity index (χ2n) is 10.1. The van der Waals surface area contributed by atoms with Gasteiger partial charge in [0.15, 0.2) is 0 Å². The van der Waals surface area contributed by atoms with Crippen LogP contribution in [0.15, 0.2) is 30.3 Å². The van der Waals surface area contributed by atoms with E-state index in [0.29, 0.717) is 0 Å². The smallest absolute Gasteiger partial charge is 0.243 e. The second kappa shape index (κ2) is 13.1. The minimum absolute atomic E-state index is 0.0187. The van der Waals surface area contributed by atoms with Crippen molar-refractivity contribution in [3.05, 3.63) is 35.9 Å². The van der Waals surface area contributed by atoms with Crippen molar-refractivity contribution in [2.75, 3.05) is 6.54 Å². The highest BCUT2D eigenvalue weighted by atomic mass is 16.2. The molecule has 1 rings (SSSR count). The Balaban J connectivity index is 2.93. The minimum Gasteiger partial charge on any atom is -0.368 e. The zero-order chi connectivity index (χ0) is 26.1. The molecular weight excluding hydrogens is 434 g/mol. The maximum atomic E-state index is 13.1. The Hall–Kier alpha value is -2.94. The Labute approximate surface area is 203 Å². The van der Waals surface area contributed by atoms with Crippen molar-refractivity contribution in [2.45, 2.75) is 79.1 Å². The molecule has 0 heterocycles. The summed E-state index contributed by atoms with van der Waals surface area (Å²) in [5, 5.41) is 11.2. The summed E-state index contributed by atoms with van der Waals surface area (Å²) in [6, 6.07) is 6.62. The number of hydrogen-bond acceptors (Lipinski definition) is 5. The van der Waals surface area contributed by atoms with Crippen molar-refractivity contribution in [3.8, 4) is 0 Å². The Bertz CT molecular complexity index is 835. The molecule has 0 saturated heterocycles. The average molecular weight is 476 g/mol. The van der Waals surface area contributed by atoms with Gasteiger partial charge in [-0.05, 0) is 30.7 Å². The fourth-order valence-electron chi connectivity index (χ4n) is 3.02. The van der Waals surface area contributed by atoms with Crippen LogP contribution in [0.1, 0.15) is 54.0 Å². The lowest BCUT2D eigenvalue weighted by Crippen LogP contribution is -2.58. The molecule has 4 atom stereocenters. The van der Waals surface area contributed by atoms with E-state index < -0.39 is 35.8 Å². The fourth-order valence-corrected chi connectivity index (χ4v) is 3.02. The summed E-state index contributed by atoms with van der Waals surface area (Å²) in [4.78, 5) is 49.9. The SMILES string of the molecule is CC(NC(=O)C(Cc1ccccc1)NC(=O)C(NC(=O)CNC(C)C(C)(C)C)C(C)C)C(N)=O. The van der Waals surface area contributed by atoms with Crippen molar-refractivity contribution in [3.63, 3.8) is 0 Å². The summed E-state index contributed by atoms with van der Waals surface area (Å²) in [6.07, 6.45) is 0.216. The molecule has 0 bridgehead atoms. The van der Waals surface area contributed by atoms with Gasteiger partial charge in [0.05, 0.1) is 6.54 Å². The quantitative estimate of drug-likeness (QED) is 0.305. The molecular formula is C25H41N5O4. The van der Waals surface area contributed by atoms with Crippen LogP contribution in [0.3, 0.4) is 0 Å². The summed E-state index contributed by atoms with van der Waals surface area (Å²) < 4.78 is 0. The van der Waals surface area contributed by atoms with Crippen LogP contribution in [-0.2, 0) is 25.6 Å². The van der Waals surface area contributed by atoms with E-state index >= 15 is 0 Å². The lowest BCUT2D eigenvalue weighted by atomic mass is 9.88. The molecule has 0 spiro atoms. The van der Waals surface area contributed by atoms with Gasteiger partial charge >= 0.3 is 0 Å². The molecule has 9 heteroatoms. The predicted octanol–water partition coefficient (Wildman–Crippen LogP) is 0.869. The molecule has 1 aromatic rings. The normalized spacial score (nSPS) is 15.1.